The van der Waals surface area contributed by atoms with Crippen molar-refractivity contribution in [3.05, 3.63) is 101 Å². The van der Waals surface area contributed by atoms with Crippen LogP contribution >= 0.6 is 0 Å². The quantitative estimate of drug-likeness (QED) is 0.155. The molecule has 16 heteroatoms. The molecule has 44 heavy (non-hydrogen) atoms. The maximum Gasteiger partial charge on any atom is 0.509 e. The number of alkyl halides is 6. The molecule has 2 atom stereocenters. The second-order valence-electron chi connectivity index (χ2n) is 10.2. The molecule has 5 rings (SSSR count). The summed E-state index contributed by atoms with van der Waals surface area (Å²) in [5.41, 5.74) is -8.13. The molecule has 3 aromatic carbocycles. The van der Waals surface area contributed by atoms with E-state index in [-0.39, 0.29) is 5.56 Å². The Morgan fingerprint density at radius 2 is 1.27 bits per heavy atom. The summed E-state index contributed by atoms with van der Waals surface area (Å²) in [6.45, 7) is -1.77. The summed E-state index contributed by atoms with van der Waals surface area (Å²) < 4.78 is 168. The van der Waals surface area contributed by atoms with E-state index in [9.17, 15) is 52.7 Å². The van der Waals surface area contributed by atoms with Gasteiger partial charge in [-0.2, -0.15) is 26.3 Å². The van der Waals surface area contributed by atoms with Crippen LogP contribution in [0.5, 0.6) is 0 Å². The van der Waals surface area contributed by atoms with Gasteiger partial charge in [0.15, 0.2) is 9.84 Å². The first kappa shape index (κ1) is 31.6. The van der Waals surface area contributed by atoms with E-state index in [1.807, 2.05) is 0 Å². The van der Waals surface area contributed by atoms with E-state index in [0.717, 1.165) is 30.3 Å². The van der Waals surface area contributed by atoms with Crippen LogP contribution in [-0.2, 0) is 41.0 Å². The Balaban J connectivity index is 1.62. The maximum atomic E-state index is 14.3. The average Bonchev–Trinajstić information content (AvgIpc) is 3.45. The Hall–Kier alpha value is -3.79. The van der Waals surface area contributed by atoms with Crippen LogP contribution in [0.25, 0.3) is 0 Å². The van der Waals surface area contributed by atoms with Crippen LogP contribution < -0.4 is 0 Å². The molecule has 0 N–H and O–H groups in total. The lowest BCUT2D eigenvalue weighted by Gasteiger charge is -2.38. The van der Waals surface area contributed by atoms with Crippen LogP contribution in [-0.4, -0.2) is 39.1 Å². The number of ether oxygens (including phenoxy) is 3. The number of hydrogen-bond donors (Lipinski definition) is 0. The van der Waals surface area contributed by atoms with Crippen LogP contribution in [0.1, 0.15) is 29.5 Å². The topological polar surface area (TPSA) is 78.9 Å². The van der Waals surface area contributed by atoms with Gasteiger partial charge in [-0.3, -0.25) is 0 Å². The summed E-state index contributed by atoms with van der Waals surface area (Å²) in [6.07, 6.45) is -16.8. The van der Waals surface area contributed by atoms with E-state index in [4.69, 9.17) is 9.47 Å². The average molecular weight is 655 g/mol. The van der Waals surface area contributed by atoms with E-state index < -0.39 is 104 Å². The Bertz CT molecular complexity index is 1620. The molecule has 3 aromatic rings. The van der Waals surface area contributed by atoms with Crippen molar-refractivity contribution in [3.8, 4) is 0 Å². The normalized spacial score (nSPS) is 22.4. The summed E-state index contributed by atoms with van der Waals surface area (Å²) in [4.78, 5) is 11.2. The van der Waals surface area contributed by atoms with Crippen LogP contribution in [0.15, 0.2) is 71.6 Å². The van der Waals surface area contributed by atoms with Gasteiger partial charge >= 0.3 is 18.5 Å². The smallest absolute Gasteiger partial charge is 0.427 e. The van der Waals surface area contributed by atoms with Crippen molar-refractivity contribution in [3.63, 3.8) is 0 Å². The molecule has 0 radical (unpaired) electrons. The predicted molar refractivity (Wildman–Crippen MR) is 131 cm³/mol. The molecule has 236 valence electrons. The molecule has 1 saturated heterocycles. The fourth-order valence-electron chi connectivity index (χ4n) is 5.55. The van der Waals surface area contributed by atoms with Gasteiger partial charge in [0.05, 0.1) is 11.5 Å². The van der Waals surface area contributed by atoms with Crippen LogP contribution in [0.3, 0.4) is 0 Å². The first-order valence-corrected chi connectivity index (χ1v) is 14.1. The Morgan fingerprint density at radius 3 is 1.75 bits per heavy atom. The third-order valence-electron chi connectivity index (χ3n) is 7.72. The lowest BCUT2D eigenvalue weighted by Crippen LogP contribution is -2.56. The minimum absolute atomic E-state index is 0.293. The molecule has 2 unspecified atom stereocenters. The van der Waals surface area contributed by atoms with E-state index in [2.05, 4.69) is 4.74 Å². The zero-order valence-corrected chi connectivity index (χ0v) is 22.7. The lowest BCUT2D eigenvalue weighted by atomic mass is 9.88. The van der Waals surface area contributed by atoms with Gasteiger partial charge in [-0.15, -0.1) is 0 Å². The zero-order valence-electron chi connectivity index (χ0n) is 21.9. The molecular weight excluding hydrogens is 635 g/mol. The third kappa shape index (κ3) is 4.97. The number of halogens is 9. The number of carbonyl (C=O) groups excluding carboxylic acids is 1. The highest BCUT2D eigenvalue weighted by Gasteiger charge is 2.73. The first-order valence-electron chi connectivity index (χ1n) is 12.6. The predicted octanol–water partition coefficient (Wildman–Crippen LogP) is 7.01. The third-order valence-corrected chi connectivity index (χ3v) is 10.2. The van der Waals surface area contributed by atoms with Gasteiger partial charge in [-0.05, 0) is 42.0 Å². The van der Waals surface area contributed by atoms with Crippen LogP contribution in [0.2, 0.25) is 0 Å². The van der Waals surface area contributed by atoms with Crippen molar-refractivity contribution in [1.29, 1.82) is 0 Å². The molecule has 2 aliphatic rings. The summed E-state index contributed by atoms with van der Waals surface area (Å²) in [7, 11) is -4.59. The number of sulfone groups is 1. The van der Waals surface area contributed by atoms with Crippen molar-refractivity contribution in [2.75, 3.05) is 0 Å². The fourth-order valence-corrected chi connectivity index (χ4v) is 7.71. The minimum Gasteiger partial charge on any atom is -0.427 e. The molecule has 2 fully saturated rings. The number of rotatable bonds is 7. The van der Waals surface area contributed by atoms with Crippen molar-refractivity contribution in [1.82, 2.24) is 0 Å². The van der Waals surface area contributed by atoms with E-state index >= 15 is 0 Å². The van der Waals surface area contributed by atoms with Gasteiger partial charge in [-0.1, -0.05) is 30.3 Å². The highest BCUT2D eigenvalue weighted by molar-refractivity contribution is 7.92. The number of carbonyl (C=O) groups is 1. The summed E-state index contributed by atoms with van der Waals surface area (Å²) in [6, 6.07) is 7.74. The Morgan fingerprint density at radius 1 is 0.773 bits per heavy atom. The Kier molecular flexibility index (Phi) is 7.68. The fraction of sp³-hybridized carbons (Fsp3) is 0.321. The molecule has 0 bridgehead atoms. The molecule has 0 amide bonds. The zero-order chi connectivity index (χ0) is 32.3. The molecule has 1 aliphatic carbocycles. The molecule has 1 heterocycles. The lowest BCUT2D eigenvalue weighted by molar-refractivity contribution is -0.392. The van der Waals surface area contributed by atoms with Crippen molar-refractivity contribution >= 4 is 16.0 Å². The SMILES string of the molecule is O=C1OC2CC(c3ccc(C(OCc4c(F)cccc4F)(C(F)(F)F)C(F)(F)F)cc3)(S(=O)(=O)c3ccc(F)cc3)CC2O1. The number of benzene rings is 3. The van der Waals surface area contributed by atoms with E-state index in [1.165, 1.54) is 0 Å². The van der Waals surface area contributed by atoms with Crippen molar-refractivity contribution in [2.45, 2.75) is 59.3 Å². The first-order chi connectivity index (χ1) is 20.4. The molecule has 1 saturated carbocycles. The van der Waals surface area contributed by atoms with Crippen LogP contribution in [0, 0.1) is 17.5 Å². The molecular formula is C28H19F9O6S. The summed E-state index contributed by atoms with van der Waals surface area (Å²) in [5.74, 6) is -3.67. The molecule has 0 spiro atoms. The molecule has 1 aliphatic heterocycles. The maximum absolute atomic E-state index is 14.3. The monoisotopic (exact) mass is 654 g/mol. The van der Waals surface area contributed by atoms with Gasteiger partial charge in [0.2, 0.25) is 0 Å². The van der Waals surface area contributed by atoms with Crippen LogP contribution in [0.4, 0.5) is 44.3 Å². The largest absolute Gasteiger partial charge is 0.509 e. The molecule has 0 aromatic heterocycles. The van der Waals surface area contributed by atoms with Gasteiger partial charge in [0.25, 0.3) is 5.60 Å². The summed E-state index contributed by atoms with van der Waals surface area (Å²) >= 11 is 0. The molecule has 6 nitrogen and oxygen atoms in total. The van der Waals surface area contributed by atoms with E-state index in [0.29, 0.717) is 36.4 Å². The van der Waals surface area contributed by atoms with Gasteiger partial charge in [-0.25, -0.2) is 26.4 Å². The second-order valence-corrected chi connectivity index (χ2v) is 12.4. The highest BCUT2D eigenvalue weighted by atomic mass is 32.2. The van der Waals surface area contributed by atoms with Crippen molar-refractivity contribution in [2.24, 2.45) is 0 Å². The van der Waals surface area contributed by atoms with Gasteiger partial charge in [0.1, 0.15) is 34.4 Å². The minimum atomic E-state index is -6.22. The Labute approximate surface area is 243 Å². The van der Waals surface area contributed by atoms with Crippen molar-refractivity contribution < 1.29 is 66.9 Å². The van der Waals surface area contributed by atoms with Gasteiger partial charge < -0.3 is 14.2 Å². The number of fused-ring (bicyclic) bond motifs is 1. The van der Waals surface area contributed by atoms with Gasteiger partial charge in [0, 0.05) is 24.0 Å². The van der Waals surface area contributed by atoms with E-state index in [1.54, 1.807) is 0 Å². The second kappa shape index (κ2) is 10.7. The standard InChI is InChI=1S/C28H19F9O6S/c29-17-8-10-18(11-9-17)44(39,40)25(12-22-23(13-25)43-24(38)42-22)15-4-6-16(7-5-15)26(27(32,33)34,28(35,36)37)41-14-19-20(30)2-1-3-21(19)31/h1-11,22-23H,12-14H2. The number of hydrogen-bond acceptors (Lipinski definition) is 6. The highest BCUT2D eigenvalue weighted by Crippen LogP contribution is 2.55. The summed E-state index contributed by atoms with van der Waals surface area (Å²) in [5, 5.41) is 0.